The zero-order valence-corrected chi connectivity index (χ0v) is 11.6. The first-order valence-corrected chi connectivity index (χ1v) is 7.25. The molecule has 0 aromatic heterocycles. The zero-order chi connectivity index (χ0) is 14.6. The van der Waals surface area contributed by atoms with Crippen LogP contribution in [-0.2, 0) is 16.4 Å². The van der Waals surface area contributed by atoms with Gasteiger partial charge in [-0.3, -0.25) is 4.90 Å². The van der Waals surface area contributed by atoms with E-state index >= 15 is 0 Å². The van der Waals surface area contributed by atoms with E-state index in [1.54, 1.807) is 0 Å². The Kier molecular flexibility index (Phi) is 5.39. The first-order chi connectivity index (χ1) is 8.78. The molecule has 1 aromatic rings. The fraction of sp³-hybridized carbons (Fsp3) is 0.500. The Morgan fingerprint density at radius 3 is 2.21 bits per heavy atom. The van der Waals surface area contributed by atoms with E-state index in [2.05, 4.69) is 0 Å². The number of alkyl halides is 2. The second kappa shape index (κ2) is 6.40. The van der Waals surface area contributed by atoms with Gasteiger partial charge in [-0.25, -0.2) is 8.42 Å². The van der Waals surface area contributed by atoms with Crippen molar-refractivity contribution in [1.29, 1.82) is 0 Å². The van der Waals surface area contributed by atoms with Crippen LogP contribution in [0.25, 0.3) is 0 Å². The number of aliphatic hydroxyl groups excluding tert-OH is 1. The number of rotatable bonds is 6. The molecule has 0 heterocycles. The molecule has 0 aliphatic rings. The second-order valence-electron chi connectivity index (χ2n) is 4.40. The van der Waals surface area contributed by atoms with Crippen molar-refractivity contribution in [2.24, 2.45) is 0 Å². The standard InChI is InChI=1S/C12H17F2NO3S/c1-9(8-16)15(2)7-10-3-5-11(6-4-10)19(17,18)12(13)14/h3-6,9,12,16H,7-8H2,1-2H3. The van der Waals surface area contributed by atoms with Gasteiger partial charge in [0.25, 0.3) is 0 Å². The van der Waals surface area contributed by atoms with E-state index in [1.807, 2.05) is 18.9 Å². The summed E-state index contributed by atoms with van der Waals surface area (Å²) in [5.74, 6) is -3.41. The van der Waals surface area contributed by atoms with Crippen molar-refractivity contribution in [1.82, 2.24) is 4.90 Å². The highest BCUT2D eigenvalue weighted by Crippen LogP contribution is 2.19. The summed E-state index contributed by atoms with van der Waals surface area (Å²) in [6.45, 7) is 2.35. The maximum atomic E-state index is 12.3. The van der Waals surface area contributed by atoms with Gasteiger partial charge in [0.2, 0.25) is 9.84 Å². The predicted molar refractivity (Wildman–Crippen MR) is 67.6 cm³/mol. The Labute approximate surface area is 111 Å². The third-order valence-corrected chi connectivity index (χ3v) is 4.33. The van der Waals surface area contributed by atoms with Crippen LogP contribution < -0.4 is 0 Å². The largest absolute Gasteiger partial charge is 0.395 e. The van der Waals surface area contributed by atoms with Crippen LogP contribution in [0, 0.1) is 0 Å². The quantitative estimate of drug-likeness (QED) is 0.863. The van der Waals surface area contributed by atoms with Gasteiger partial charge >= 0.3 is 5.76 Å². The predicted octanol–water partition coefficient (Wildman–Crippen LogP) is 1.50. The summed E-state index contributed by atoms with van der Waals surface area (Å²) in [5, 5.41) is 8.99. The number of aliphatic hydroxyl groups is 1. The van der Waals surface area contributed by atoms with Crippen molar-refractivity contribution < 1.29 is 22.3 Å². The van der Waals surface area contributed by atoms with Crippen LogP contribution in [-0.4, -0.2) is 43.9 Å². The topological polar surface area (TPSA) is 57.6 Å². The van der Waals surface area contributed by atoms with Gasteiger partial charge in [-0.15, -0.1) is 0 Å². The SMILES string of the molecule is CC(CO)N(C)Cc1ccc(S(=O)(=O)C(F)F)cc1. The highest BCUT2D eigenvalue weighted by atomic mass is 32.2. The van der Waals surface area contributed by atoms with Crippen LogP contribution >= 0.6 is 0 Å². The number of nitrogens with zero attached hydrogens (tertiary/aromatic N) is 1. The van der Waals surface area contributed by atoms with Crippen LogP contribution in [0.5, 0.6) is 0 Å². The Morgan fingerprint density at radius 1 is 1.26 bits per heavy atom. The van der Waals surface area contributed by atoms with E-state index in [-0.39, 0.29) is 17.5 Å². The third-order valence-electron chi connectivity index (χ3n) is 2.94. The molecule has 0 bridgehead atoms. The van der Waals surface area contributed by atoms with Gasteiger partial charge in [0.1, 0.15) is 0 Å². The van der Waals surface area contributed by atoms with Crippen LogP contribution in [0.15, 0.2) is 29.2 Å². The Bertz CT molecular complexity index is 502. The minimum Gasteiger partial charge on any atom is -0.395 e. The first kappa shape index (κ1) is 16.0. The number of hydrogen-bond acceptors (Lipinski definition) is 4. The molecule has 0 spiro atoms. The normalized spacial score (nSPS) is 14.1. The van der Waals surface area contributed by atoms with Crippen LogP contribution in [0.1, 0.15) is 12.5 Å². The molecule has 1 atom stereocenters. The van der Waals surface area contributed by atoms with Gasteiger partial charge in [0.05, 0.1) is 11.5 Å². The molecule has 1 N–H and O–H groups in total. The summed E-state index contributed by atoms with van der Waals surface area (Å²) in [5.41, 5.74) is 0.788. The highest BCUT2D eigenvalue weighted by molar-refractivity contribution is 7.91. The van der Waals surface area contributed by atoms with Crippen molar-refractivity contribution in [2.45, 2.75) is 30.2 Å². The van der Waals surface area contributed by atoms with Crippen molar-refractivity contribution in [3.8, 4) is 0 Å². The minimum atomic E-state index is -4.53. The van der Waals surface area contributed by atoms with Gasteiger partial charge < -0.3 is 5.11 Å². The number of benzene rings is 1. The van der Waals surface area contributed by atoms with Crippen molar-refractivity contribution in [3.05, 3.63) is 29.8 Å². The molecule has 1 rings (SSSR count). The van der Waals surface area contributed by atoms with E-state index < -0.39 is 15.6 Å². The molecule has 0 aliphatic heterocycles. The molecule has 19 heavy (non-hydrogen) atoms. The fourth-order valence-corrected chi connectivity index (χ4v) is 2.19. The summed E-state index contributed by atoms with van der Waals surface area (Å²) in [6, 6.07) is 5.30. The van der Waals surface area contributed by atoms with Gasteiger partial charge in [0, 0.05) is 12.6 Å². The molecule has 0 fully saturated rings. The van der Waals surface area contributed by atoms with E-state index in [0.29, 0.717) is 6.54 Å². The molecule has 7 heteroatoms. The molecule has 4 nitrogen and oxygen atoms in total. The fourth-order valence-electron chi connectivity index (χ4n) is 1.47. The molecule has 1 unspecified atom stereocenters. The lowest BCUT2D eigenvalue weighted by Gasteiger charge is -2.22. The van der Waals surface area contributed by atoms with Gasteiger partial charge in [-0.2, -0.15) is 8.78 Å². The van der Waals surface area contributed by atoms with Gasteiger partial charge in [-0.05, 0) is 31.7 Å². The second-order valence-corrected chi connectivity index (χ2v) is 6.31. The zero-order valence-electron chi connectivity index (χ0n) is 10.8. The Hall–Kier alpha value is -1.05. The molecule has 108 valence electrons. The summed E-state index contributed by atoms with van der Waals surface area (Å²) in [4.78, 5) is 1.49. The van der Waals surface area contributed by atoms with Crippen molar-refractivity contribution in [3.63, 3.8) is 0 Å². The lowest BCUT2D eigenvalue weighted by atomic mass is 10.2. The third kappa shape index (κ3) is 3.95. The monoisotopic (exact) mass is 293 g/mol. The molecule has 0 radical (unpaired) electrons. The van der Waals surface area contributed by atoms with Crippen molar-refractivity contribution in [2.75, 3.05) is 13.7 Å². The molecular formula is C12H17F2NO3S. The smallest absolute Gasteiger partial charge is 0.341 e. The molecule has 0 aliphatic carbocycles. The van der Waals surface area contributed by atoms with Gasteiger partial charge in [-0.1, -0.05) is 12.1 Å². The van der Waals surface area contributed by atoms with E-state index in [4.69, 9.17) is 5.11 Å². The molecule has 0 amide bonds. The molecule has 0 saturated carbocycles. The maximum absolute atomic E-state index is 12.3. The lowest BCUT2D eigenvalue weighted by molar-refractivity contribution is 0.154. The van der Waals surface area contributed by atoms with Crippen LogP contribution in [0.3, 0.4) is 0 Å². The van der Waals surface area contributed by atoms with Crippen LogP contribution in [0.2, 0.25) is 0 Å². The summed E-state index contributed by atoms with van der Waals surface area (Å²) < 4.78 is 47.1. The minimum absolute atomic E-state index is 0.00828. The Balaban J connectivity index is 2.83. The highest BCUT2D eigenvalue weighted by Gasteiger charge is 2.26. The maximum Gasteiger partial charge on any atom is 0.341 e. The molecular weight excluding hydrogens is 276 g/mol. The number of sulfone groups is 1. The summed E-state index contributed by atoms with van der Waals surface area (Å²) >= 11 is 0. The van der Waals surface area contributed by atoms with Crippen molar-refractivity contribution >= 4 is 9.84 Å². The Morgan fingerprint density at radius 2 is 1.79 bits per heavy atom. The first-order valence-electron chi connectivity index (χ1n) is 5.71. The molecule has 0 saturated heterocycles. The summed E-state index contributed by atoms with van der Waals surface area (Å²) in [7, 11) is -2.72. The van der Waals surface area contributed by atoms with E-state index in [0.717, 1.165) is 5.56 Å². The summed E-state index contributed by atoms with van der Waals surface area (Å²) in [6.07, 6.45) is 0. The van der Waals surface area contributed by atoms with E-state index in [1.165, 1.54) is 24.3 Å². The number of likely N-dealkylation sites (N-methyl/N-ethyl adjacent to an activating group) is 1. The van der Waals surface area contributed by atoms with Gasteiger partial charge in [0.15, 0.2) is 0 Å². The van der Waals surface area contributed by atoms with Crippen LogP contribution in [0.4, 0.5) is 8.78 Å². The molecule has 1 aromatic carbocycles. The lowest BCUT2D eigenvalue weighted by Crippen LogP contribution is -2.31. The van der Waals surface area contributed by atoms with E-state index in [9.17, 15) is 17.2 Å². The number of halogens is 2. The average Bonchev–Trinajstić information content (AvgIpc) is 2.38. The number of hydrogen-bond donors (Lipinski definition) is 1. The average molecular weight is 293 g/mol.